The SMILES string of the molecule is CN(Cc1ccc(F)cc1)C(=O)CCCc1cccs1. The van der Waals surface area contributed by atoms with Crippen LogP contribution in [0.4, 0.5) is 4.39 Å². The molecule has 2 nitrogen and oxygen atoms in total. The van der Waals surface area contributed by atoms with Gasteiger partial charge in [0.1, 0.15) is 5.82 Å². The van der Waals surface area contributed by atoms with Crippen LogP contribution in [-0.2, 0) is 17.8 Å². The molecule has 0 spiro atoms. The Bertz CT molecular complexity index is 536. The van der Waals surface area contributed by atoms with E-state index in [9.17, 15) is 9.18 Å². The molecular weight excluding hydrogens is 273 g/mol. The first kappa shape index (κ1) is 14.7. The summed E-state index contributed by atoms with van der Waals surface area (Å²) in [5.41, 5.74) is 0.945. The smallest absolute Gasteiger partial charge is 0.222 e. The van der Waals surface area contributed by atoms with Crippen LogP contribution < -0.4 is 0 Å². The van der Waals surface area contributed by atoms with E-state index < -0.39 is 0 Å². The highest BCUT2D eigenvalue weighted by Gasteiger charge is 2.09. The highest BCUT2D eigenvalue weighted by Crippen LogP contribution is 2.13. The summed E-state index contributed by atoms with van der Waals surface area (Å²) in [6, 6.07) is 10.4. The number of hydrogen-bond acceptors (Lipinski definition) is 2. The van der Waals surface area contributed by atoms with E-state index in [0.29, 0.717) is 13.0 Å². The lowest BCUT2D eigenvalue weighted by Gasteiger charge is -2.17. The fraction of sp³-hybridized carbons (Fsp3) is 0.312. The molecule has 0 saturated heterocycles. The van der Waals surface area contributed by atoms with Gasteiger partial charge in [-0.25, -0.2) is 4.39 Å². The minimum Gasteiger partial charge on any atom is -0.341 e. The topological polar surface area (TPSA) is 20.3 Å². The number of nitrogens with zero attached hydrogens (tertiary/aromatic N) is 1. The normalized spacial score (nSPS) is 10.5. The molecule has 0 aliphatic heterocycles. The average Bonchev–Trinajstić information content (AvgIpc) is 2.94. The molecule has 0 N–H and O–H groups in total. The number of benzene rings is 1. The van der Waals surface area contributed by atoms with Crippen molar-refractivity contribution in [3.63, 3.8) is 0 Å². The number of hydrogen-bond donors (Lipinski definition) is 0. The van der Waals surface area contributed by atoms with E-state index in [1.807, 2.05) is 6.07 Å². The predicted octanol–water partition coefficient (Wildman–Crippen LogP) is 3.87. The lowest BCUT2D eigenvalue weighted by Crippen LogP contribution is -2.25. The molecule has 0 aliphatic carbocycles. The summed E-state index contributed by atoms with van der Waals surface area (Å²) in [7, 11) is 1.79. The highest BCUT2D eigenvalue weighted by molar-refractivity contribution is 7.09. The molecule has 0 fully saturated rings. The van der Waals surface area contributed by atoms with E-state index in [-0.39, 0.29) is 11.7 Å². The first-order valence-corrected chi connectivity index (χ1v) is 7.54. The zero-order valence-electron chi connectivity index (χ0n) is 11.5. The summed E-state index contributed by atoms with van der Waals surface area (Å²) >= 11 is 1.73. The summed E-state index contributed by atoms with van der Waals surface area (Å²) in [5.74, 6) is -0.121. The van der Waals surface area contributed by atoms with Gasteiger partial charge >= 0.3 is 0 Å². The van der Waals surface area contributed by atoms with Gasteiger partial charge in [-0.15, -0.1) is 11.3 Å². The lowest BCUT2D eigenvalue weighted by atomic mass is 10.1. The maximum absolute atomic E-state index is 12.8. The second kappa shape index (κ2) is 7.20. The molecule has 0 unspecified atom stereocenters. The molecule has 0 saturated carbocycles. The molecule has 0 atom stereocenters. The molecule has 106 valence electrons. The molecule has 1 aromatic heterocycles. The quantitative estimate of drug-likeness (QED) is 0.791. The Hall–Kier alpha value is -1.68. The zero-order chi connectivity index (χ0) is 14.4. The fourth-order valence-electron chi connectivity index (χ4n) is 2.01. The third-order valence-corrected chi connectivity index (χ3v) is 4.09. The van der Waals surface area contributed by atoms with Crippen LogP contribution in [0.1, 0.15) is 23.3 Å². The Labute approximate surface area is 122 Å². The molecule has 0 bridgehead atoms. The molecule has 20 heavy (non-hydrogen) atoms. The first-order chi connectivity index (χ1) is 9.65. The molecule has 2 rings (SSSR count). The third-order valence-electron chi connectivity index (χ3n) is 3.15. The van der Waals surface area contributed by atoms with Crippen LogP contribution >= 0.6 is 11.3 Å². The molecule has 0 aliphatic rings. The average molecular weight is 291 g/mol. The van der Waals surface area contributed by atoms with E-state index in [0.717, 1.165) is 18.4 Å². The molecule has 1 heterocycles. The standard InChI is InChI=1S/C16H18FNOS/c1-18(12-13-7-9-14(17)10-8-13)16(19)6-2-4-15-5-3-11-20-15/h3,5,7-11H,2,4,6,12H2,1H3. The molecule has 0 radical (unpaired) electrons. The van der Waals surface area contributed by atoms with Crippen molar-refractivity contribution in [3.05, 3.63) is 58.0 Å². The number of amides is 1. The van der Waals surface area contributed by atoms with Crippen LogP contribution in [-0.4, -0.2) is 17.9 Å². The van der Waals surface area contributed by atoms with Crippen molar-refractivity contribution in [1.82, 2.24) is 4.90 Å². The minimum absolute atomic E-state index is 0.130. The van der Waals surface area contributed by atoms with E-state index in [1.165, 1.54) is 17.0 Å². The Morgan fingerprint density at radius 1 is 1.25 bits per heavy atom. The Kier molecular flexibility index (Phi) is 5.30. The monoisotopic (exact) mass is 291 g/mol. The molecule has 2 aromatic rings. The summed E-state index contributed by atoms with van der Waals surface area (Å²) in [6.07, 6.45) is 2.37. The summed E-state index contributed by atoms with van der Waals surface area (Å²) in [6.45, 7) is 0.526. The van der Waals surface area contributed by atoms with Crippen molar-refractivity contribution in [2.24, 2.45) is 0 Å². The molecule has 1 aromatic carbocycles. The Balaban J connectivity index is 1.75. The number of carbonyl (C=O) groups excluding carboxylic acids is 1. The zero-order valence-corrected chi connectivity index (χ0v) is 12.3. The second-order valence-corrected chi connectivity index (χ2v) is 5.84. The van der Waals surface area contributed by atoms with Crippen LogP contribution in [0.15, 0.2) is 41.8 Å². The summed E-state index contributed by atoms with van der Waals surface area (Å²) < 4.78 is 12.8. The maximum atomic E-state index is 12.8. The van der Waals surface area contributed by atoms with Gasteiger partial charge in [-0.2, -0.15) is 0 Å². The number of aryl methyl sites for hydroxylation is 1. The van der Waals surface area contributed by atoms with E-state index in [1.54, 1.807) is 35.4 Å². The van der Waals surface area contributed by atoms with E-state index in [2.05, 4.69) is 11.4 Å². The van der Waals surface area contributed by atoms with Crippen LogP contribution in [0, 0.1) is 5.82 Å². The lowest BCUT2D eigenvalue weighted by molar-refractivity contribution is -0.130. The van der Waals surface area contributed by atoms with Gasteiger partial charge < -0.3 is 4.90 Å². The predicted molar refractivity (Wildman–Crippen MR) is 80.1 cm³/mol. The number of carbonyl (C=O) groups is 1. The number of thiophene rings is 1. The van der Waals surface area contributed by atoms with E-state index in [4.69, 9.17) is 0 Å². The van der Waals surface area contributed by atoms with Gasteiger partial charge in [-0.3, -0.25) is 4.79 Å². The van der Waals surface area contributed by atoms with Crippen LogP contribution in [0.2, 0.25) is 0 Å². The minimum atomic E-state index is -0.251. The van der Waals surface area contributed by atoms with Crippen molar-refractivity contribution < 1.29 is 9.18 Å². The van der Waals surface area contributed by atoms with Crippen molar-refractivity contribution in [1.29, 1.82) is 0 Å². The third kappa shape index (κ3) is 4.46. The van der Waals surface area contributed by atoms with Gasteiger partial charge in [0.15, 0.2) is 0 Å². The molecular formula is C16H18FNOS. The number of rotatable bonds is 6. The van der Waals surface area contributed by atoms with Crippen molar-refractivity contribution in [2.75, 3.05) is 7.05 Å². The van der Waals surface area contributed by atoms with Crippen molar-refractivity contribution in [2.45, 2.75) is 25.8 Å². The van der Waals surface area contributed by atoms with Gasteiger partial charge in [-0.05, 0) is 42.0 Å². The van der Waals surface area contributed by atoms with Gasteiger partial charge in [0.05, 0.1) is 0 Å². The van der Waals surface area contributed by atoms with Gasteiger partial charge in [-0.1, -0.05) is 18.2 Å². The Morgan fingerprint density at radius 2 is 2.00 bits per heavy atom. The molecule has 1 amide bonds. The van der Waals surface area contributed by atoms with Crippen LogP contribution in [0.3, 0.4) is 0 Å². The fourth-order valence-corrected chi connectivity index (χ4v) is 2.76. The van der Waals surface area contributed by atoms with E-state index >= 15 is 0 Å². The van der Waals surface area contributed by atoms with Gasteiger partial charge in [0.25, 0.3) is 0 Å². The van der Waals surface area contributed by atoms with Crippen LogP contribution in [0.25, 0.3) is 0 Å². The van der Waals surface area contributed by atoms with Crippen LogP contribution in [0.5, 0.6) is 0 Å². The molecule has 4 heteroatoms. The highest BCUT2D eigenvalue weighted by atomic mass is 32.1. The summed E-state index contributed by atoms with van der Waals surface area (Å²) in [4.78, 5) is 15.0. The maximum Gasteiger partial charge on any atom is 0.222 e. The number of halogens is 1. The second-order valence-electron chi connectivity index (χ2n) is 4.81. The summed E-state index contributed by atoms with van der Waals surface area (Å²) in [5, 5.41) is 2.05. The first-order valence-electron chi connectivity index (χ1n) is 6.66. The Morgan fingerprint density at radius 3 is 2.65 bits per heavy atom. The van der Waals surface area contributed by atoms with Gasteiger partial charge in [0.2, 0.25) is 5.91 Å². The van der Waals surface area contributed by atoms with Crippen molar-refractivity contribution in [3.8, 4) is 0 Å². The van der Waals surface area contributed by atoms with Gasteiger partial charge in [0, 0.05) is 24.9 Å². The van der Waals surface area contributed by atoms with Crippen molar-refractivity contribution >= 4 is 17.2 Å². The largest absolute Gasteiger partial charge is 0.341 e.